The van der Waals surface area contributed by atoms with Crippen LogP contribution in [0.1, 0.15) is 11.1 Å². The molecule has 8 heteroatoms. The van der Waals surface area contributed by atoms with Crippen molar-refractivity contribution in [2.45, 2.75) is 6.42 Å². The lowest BCUT2D eigenvalue weighted by atomic mass is 10.1. The summed E-state index contributed by atoms with van der Waals surface area (Å²) in [6, 6.07) is 25.4. The highest BCUT2D eigenvalue weighted by Gasteiger charge is 2.14. The highest BCUT2D eigenvalue weighted by Crippen LogP contribution is 2.39. The molecule has 5 rings (SSSR count). The van der Waals surface area contributed by atoms with E-state index in [9.17, 15) is 9.18 Å². The van der Waals surface area contributed by atoms with Crippen LogP contribution in [0.2, 0.25) is 0 Å². The molecule has 0 aliphatic rings. The van der Waals surface area contributed by atoms with Gasteiger partial charge in [0, 0.05) is 28.9 Å². The van der Waals surface area contributed by atoms with Crippen LogP contribution >= 0.6 is 23.6 Å². The van der Waals surface area contributed by atoms with Crippen LogP contribution < -0.4 is 15.4 Å². The SMILES string of the molecule is [CH2]c1ccc(-c2cc3nccc(Oc4ccc(NC(=S)NC(=O)Cc5ccccc5)cc4F)c3s2)cc1. The van der Waals surface area contributed by atoms with E-state index in [1.54, 1.807) is 18.3 Å². The minimum absolute atomic E-state index is 0.0634. The van der Waals surface area contributed by atoms with Crippen LogP contribution in [0.15, 0.2) is 91.1 Å². The maximum Gasteiger partial charge on any atom is 0.230 e. The number of thiocarbonyl (C=S) groups is 1. The molecule has 0 aliphatic heterocycles. The van der Waals surface area contributed by atoms with Gasteiger partial charge in [-0.3, -0.25) is 9.78 Å². The van der Waals surface area contributed by atoms with Crippen molar-refractivity contribution in [1.29, 1.82) is 0 Å². The molecule has 0 unspecified atom stereocenters. The van der Waals surface area contributed by atoms with E-state index in [0.29, 0.717) is 11.4 Å². The second kappa shape index (κ2) is 10.9. The van der Waals surface area contributed by atoms with Crippen molar-refractivity contribution in [2.75, 3.05) is 5.32 Å². The van der Waals surface area contributed by atoms with Crippen molar-refractivity contribution in [3.8, 4) is 21.9 Å². The van der Waals surface area contributed by atoms with Crippen LogP contribution in [0.4, 0.5) is 10.1 Å². The number of carbonyl (C=O) groups excluding carboxylic acids is 1. The smallest absolute Gasteiger partial charge is 0.230 e. The minimum Gasteiger partial charge on any atom is -0.453 e. The molecule has 0 spiro atoms. The van der Waals surface area contributed by atoms with Crippen molar-refractivity contribution < 1.29 is 13.9 Å². The molecule has 3 aromatic carbocycles. The molecule has 1 amide bonds. The molecule has 0 atom stereocenters. The summed E-state index contributed by atoms with van der Waals surface area (Å²) in [4.78, 5) is 17.7. The molecular weight excluding hydrogens is 505 g/mol. The monoisotopic (exact) mass is 526 g/mol. The number of rotatable bonds is 6. The maximum atomic E-state index is 14.9. The quantitative estimate of drug-likeness (QED) is 0.230. The zero-order chi connectivity index (χ0) is 25.8. The molecule has 0 fully saturated rings. The number of pyridine rings is 1. The fraction of sp³-hybridized carbons (Fsp3) is 0.0345. The van der Waals surface area contributed by atoms with E-state index in [2.05, 4.69) is 22.5 Å². The fourth-order valence-corrected chi connectivity index (χ4v) is 5.00. The molecule has 0 saturated heterocycles. The van der Waals surface area contributed by atoms with Gasteiger partial charge < -0.3 is 15.4 Å². The normalized spacial score (nSPS) is 10.8. The molecule has 2 aromatic heterocycles. The summed E-state index contributed by atoms with van der Waals surface area (Å²) in [5.41, 5.74) is 4.02. The molecular formula is C29H21FN3O2S2. The first kappa shape index (κ1) is 24.5. The van der Waals surface area contributed by atoms with Gasteiger partial charge in [-0.05, 0) is 54.0 Å². The van der Waals surface area contributed by atoms with Gasteiger partial charge in [0.05, 0.1) is 16.6 Å². The predicted molar refractivity (Wildman–Crippen MR) is 150 cm³/mol. The van der Waals surface area contributed by atoms with E-state index in [-0.39, 0.29) is 23.2 Å². The number of nitrogens with zero attached hydrogens (tertiary/aromatic N) is 1. The number of fused-ring (bicyclic) bond motifs is 1. The molecule has 0 saturated carbocycles. The van der Waals surface area contributed by atoms with Gasteiger partial charge in [0.2, 0.25) is 5.91 Å². The van der Waals surface area contributed by atoms with Crippen LogP contribution in [0.3, 0.4) is 0 Å². The van der Waals surface area contributed by atoms with Crippen LogP contribution in [0.25, 0.3) is 20.7 Å². The summed E-state index contributed by atoms with van der Waals surface area (Å²) in [5, 5.41) is 5.53. The van der Waals surface area contributed by atoms with E-state index in [1.165, 1.54) is 23.5 Å². The van der Waals surface area contributed by atoms with Crippen LogP contribution in [-0.2, 0) is 11.2 Å². The Kier molecular flexibility index (Phi) is 7.20. The van der Waals surface area contributed by atoms with E-state index in [1.807, 2.05) is 60.7 Å². The van der Waals surface area contributed by atoms with Crippen molar-refractivity contribution in [3.63, 3.8) is 0 Å². The van der Waals surface area contributed by atoms with Gasteiger partial charge in [0.15, 0.2) is 16.7 Å². The van der Waals surface area contributed by atoms with Gasteiger partial charge >= 0.3 is 0 Å². The molecule has 5 nitrogen and oxygen atoms in total. The summed E-state index contributed by atoms with van der Waals surface area (Å²) in [5.74, 6) is -0.258. The second-order valence-corrected chi connectivity index (χ2v) is 9.70. The lowest BCUT2D eigenvalue weighted by Crippen LogP contribution is -2.35. The molecule has 183 valence electrons. The Morgan fingerprint density at radius 3 is 2.54 bits per heavy atom. The molecule has 0 aliphatic carbocycles. The summed E-state index contributed by atoms with van der Waals surface area (Å²) < 4.78 is 21.7. The average molecular weight is 527 g/mol. The summed E-state index contributed by atoms with van der Waals surface area (Å²) in [6.45, 7) is 3.92. The molecule has 0 bridgehead atoms. The number of hydrogen-bond acceptors (Lipinski definition) is 5. The molecule has 2 heterocycles. The van der Waals surface area contributed by atoms with E-state index >= 15 is 0 Å². The predicted octanol–water partition coefficient (Wildman–Crippen LogP) is 7.13. The fourth-order valence-electron chi connectivity index (χ4n) is 3.70. The standard InChI is InChI=1S/C29H21FN3O2S2/c1-18-7-9-20(10-8-18)26-17-23-28(37-26)25(13-14-31-23)35-24-12-11-21(16-22(24)30)32-29(36)33-27(34)15-19-5-3-2-4-6-19/h2-14,16-17H,1,15H2,(H2,32,33,34,36). The number of ether oxygens (including phenoxy) is 1. The average Bonchev–Trinajstić information content (AvgIpc) is 3.32. The molecule has 37 heavy (non-hydrogen) atoms. The van der Waals surface area contributed by atoms with Gasteiger partial charge in [-0.15, -0.1) is 11.3 Å². The Morgan fingerprint density at radius 2 is 1.78 bits per heavy atom. The third-order valence-electron chi connectivity index (χ3n) is 5.48. The van der Waals surface area contributed by atoms with Gasteiger partial charge in [0.25, 0.3) is 0 Å². The lowest BCUT2D eigenvalue weighted by molar-refractivity contribution is -0.119. The number of aromatic nitrogens is 1. The van der Waals surface area contributed by atoms with Gasteiger partial charge in [-0.2, -0.15) is 0 Å². The Hall–Kier alpha value is -4.14. The first-order valence-corrected chi connectivity index (χ1v) is 12.6. The first-order valence-electron chi connectivity index (χ1n) is 11.4. The Balaban J connectivity index is 1.27. The topological polar surface area (TPSA) is 63.2 Å². The van der Waals surface area contributed by atoms with Gasteiger partial charge in [0.1, 0.15) is 5.75 Å². The number of anilines is 1. The number of nitrogens with one attached hydrogen (secondary N) is 2. The zero-order valence-electron chi connectivity index (χ0n) is 19.5. The van der Waals surface area contributed by atoms with Crippen LogP contribution in [0.5, 0.6) is 11.5 Å². The van der Waals surface area contributed by atoms with Crippen molar-refractivity contribution in [1.82, 2.24) is 10.3 Å². The first-order chi connectivity index (χ1) is 17.9. The third kappa shape index (κ3) is 5.99. The molecule has 5 aromatic rings. The number of carbonyl (C=O) groups is 1. The number of amides is 1. The van der Waals surface area contributed by atoms with Crippen LogP contribution in [-0.4, -0.2) is 16.0 Å². The lowest BCUT2D eigenvalue weighted by Gasteiger charge is -2.12. The number of hydrogen-bond donors (Lipinski definition) is 2. The number of thiophene rings is 1. The highest BCUT2D eigenvalue weighted by atomic mass is 32.1. The number of halogens is 1. The third-order valence-corrected chi connectivity index (χ3v) is 6.88. The van der Waals surface area contributed by atoms with Crippen molar-refractivity contribution >= 4 is 50.5 Å². The molecule has 1 radical (unpaired) electrons. The van der Waals surface area contributed by atoms with E-state index < -0.39 is 5.82 Å². The van der Waals surface area contributed by atoms with Crippen LogP contribution in [0, 0.1) is 12.7 Å². The Labute approximate surface area is 223 Å². The van der Waals surface area contributed by atoms with E-state index in [4.69, 9.17) is 17.0 Å². The second-order valence-electron chi connectivity index (χ2n) is 8.24. The zero-order valence-corrected chi connectivity index (χ0v) is 21.2. The Morgan fingerprint density at radius 1 is 1.00 bits per heavy atom. The van der Waals surface area contributed by atoms with Crippen molar-refractivity contribution in [3.05, 3.63) is 115 Å². The minimum atomic E-state index is -0.573. The van der Waals surface area contributed by atoms with Crippen molar-refractivity contribution in [2.24, 2.45) is 0 Å². The summed E-state index contributed by atoms with van der Waals surface area (Å²) >= 11 is 6.73. The highest BCUT2D eigenvalue weighted by molar-refractivity contribution is 7.80. The largest absolute Gasteiger partial charge is 0.453 e. The number of benzene rings is 3. The van der Waals surface area contributed by atoms with E-state index in [0.717, 1.165) is 31.8 Å². The van der Waals surface area contributed by atoms with Gasteiger partial charge in [-0.25, -0.2) is 4.39 Å². The Bertz CT molecular complexity index is 1580. The maximum absolute atomic E-state index is 14.9. The van der Waals surface area contributed by atoms with Gasteiger partial charge in [-0.1, -0.05) is 54.6 Å². The molecule has 2 N–H and O–H groups in total. The summed E-state index contributed by atoms with van der Waals surface area (Å²) in [6.07, 6.45) is 1.83. The summed E-state index contributed by atoms with van der Waals surface area (Å²) in [7, 11) is 0.